The molecule has 0 aliphatic heterocycles. The highest BCUT2D eigenvalue weighted by molar-refractivity contribution is 7.16. The average molecular weight is 417 g/mol. The lowest BCUT2D eigenvalue weighted by molar-refractivity contribution is 0.0752. The van der Waals surface area contributed by atoms with Crippen LogP contribution in [0.4, 0.5) is 5.82 Å². The molecule has 3 rings (SSSR count). The van der Waals surface area contributed by atoms with Crippen molar-refractivity contribution < 1.29 is 4.79 Å². The van der Waals surface area contributed by atoms with Gasteiger partial charge in [-0.05, 0) is 24.3 Å². The Hall–Kier alpha value is -2.64. The van der Waals surface area contributed by atoms with Gasteiger partial charge in [-0.3, -0.25) is 9.59 Å². The number of nitrogens with zero attached hydrogens (tertiary/aromatic N) is 2. The SMILES string of the molecule is C=Cc1ccc(-c2cc(NCc3ccc(Cl)s3)n(C(=O)C(C)(C)C)n2)[nH]c1=O. The Labute approximate surface area is 171 Å². The number of carbonyl (C=O) groups excluding carboxylic acids is 1. The van der Waals surface area contributed by atoms with E-state index < -0.39 is 5.41 Å². The third kappa shape index (κ3) is 4.26. The highest BCUT2D eigenvalue weighted by Crippen LogP contribution is 2.26. The molecule has 2 N–H and O–H groups in total. The molecule has 0 amide bonds. The van der Waals surface area contributed by atoms with Crippen molar-refractivity contribution in [1.29, 1.82) is 0 Å². The van der Waals surface area contributed by atoms with E-state index in [4.69, 9.17) is 11.6 Å². The molecule has 0 unspecified atom stereocenters. The molecule has 0 aliphatic carbocycles. The van der Waals surface area contributed by atoms with Crippen molar-refractivity contribution in [2.45, 2.75) is 27.3 Å². The third-order valence-electron chi connectivity index (χ3n) is 4.05. The van der Waals surface area contributed by atoms with Crippen molar-refractivity contribution in [2.75, 3.05) is 5.32 Å². The quantitative estimate of drug-likeness (QED) is 0.620. The Kier molecular flexibility index (Phi) is 5.58. The van der Waals surface area contributed by atoms with Gasteiger partial charge in [-0.25, -0.2) is 0 Å². The number of hydrogen-bond acceptors (Lipinski definition) is 5. The molecular weight excluding hydrogens is 396 g/mol. The van der Waals surface area contributed by atoms with Crippen LogP contribution in [0.25, 0.3) is 17.5 Å². The van der Waals surface area contributed by atoms with E-state index in [0.29, 0.717) is 33.7 Å². The van der Waals surface area contributed by atoms with Crippen LogP contribution in [0.15, 0.2) is 41.7 Å². The molecular formula is C20H21ClN4O2S. The first-order valence-corrected chi connectivity index (χ1v) is 9.87. The van der Waals surface area contributed by atoms with Crippen LogP contribution in [0.5, 0.6) is 0 Å². The predicted octanol–water partition coefficient (Wildman–Crippen LogP) is 4.89. The number of H-pyrrole nitrogens is 1. The van der Waals surface area contributed by atoms with Crippen LogP contribution < -0.4 is 10.9 Å². The van der Waals surface area contributed by atoms with Crippen molar-refractivity contribution in [3.05, 3.63) is 62.0 Å². The Morgan fingerprint density at radius 1 is 1.36 bits per heavy atom. The van der Waals surface area contributed by atoms with E-state index in [1.807, 2.05) is 32.9 Å². The minimum Gasteiger partial charge on any atom is -0.365 e. The van der Waals surface area contributed by atoms with Crippen molar-refractivity contribution in [3.63, 3.8) is 0 Å². The second kappa shape index (κ2) is 7.77. The summed E-state index contributed by atoms with van der Waals surface area (Å²) in [5.74, 6) is 0.392. The summed E-state index contributed by atoms with van der Waals surface area (Å²) < 4.78 is 2.06. The second-order valence-electron chi connectivity index (χ2n) is 7.30. The predicted molar refractivity (Wildman–Crippen MR) is 115 cm³/mol. The lowest BCUT2D eigenvalue weighted by atomic mass is 9.96. The van der Waals surface area contributed by atoms with Crippen LogP contribution in [-0.2, 0) is 6.54 Å². The van der Waals surface area contributed by atoms with Crippen molar-refractivity contribution in [3.8, 4) is 11.4 Å². The number of aromatic nitrogens is 3. The number of rotatable bonds is 5. The topological polar surface area (TPSA) is 79.8 Å². The van der Waals surface area contributed by atoms with Gasteiger partial charge in [0.2, 0.25) is 0 Å². The number of nitrogens with one attached hydrogen (secondary N) is 2. The molecule has 8 heteroatoms. The van der Waals surface area contributed by atoms with E-state index >= 15 is 0 Å². The highest BCUT2D eigenvalue weighted by atomic mass is 35.5. The molecule has 0 aromatic carbocycles. The minimum absolute atomic E-state index is 0.157. The molecule has 0 spiro atoms. The van der Waals surface area contributed by atoms with Crippen LogP contribution in [0.1, 0.15) is 36.0 Å². The van der Waals surface area contributed by atoms with Crippen LogP contribution >= 0.6 is 22.9 Å². The highest BCUT2D eigenvalue weighted by Gasteiger charge is 2.27. The molecule has 3 aromatic rings. The molecule has 3 aromatic heterocycles. The molecule has 0 bridgehead atoms. The van der Waals surface area contributed by atoms with E-state index in [-0.39, 0.29) is 11.5 Å². The minimum atomic E-state index is -0.619. The van der Waals surface area contributed by atoms with Crippen LogP contribution in [0.2, 0.25) is 4.34 Å². The first kappa shape index (κ1) is 20.1. The Balaban J connectivity index is 1.99. The van der Waals surface area contributed by atoms with Gasteiger partial charge in [-0.15, -0.1) is 11.3 Å². The summed E-state index contributed by atoms with van der Waals surface area (Å²) >= 11 is 7.45. The fraction of sp³-hybridized carbons (Fsp3) is 0.250. The van der Waals surface area contributed by atoms with E-state index in [9.17, 15) is 9.59 Å². The summed E-state index contributed by atoms with van der Waals surface area (Å²) in [6, 6.07) is 8.93. The normalized spacial score (nSPS) is 11.4. The number of carbonyl (C=O) groups is 1. The molecule has 0 fully saturated rings. The summed E-state index contributed by atoms with van der Waals surface area (Å²) in [7, 11) is 0. The van der Waals surface area contributed by atoms with E-state index in [1.54, 1.807) is 18.2 Å². The molecule has 146 valence electrons. The lowest BCUT2D eigenvalue weighted by Crippen LogP contribution is -2.28. The Morgan fingerprint density at radius 2 is 2.11 bits per heavy atom. The molecule has 0 aliphatic rings. The zero-order valence-corrected chi connectivity index (χ0v) is 17.4. The summed E-state index contributed by atoms with van der Waals surface area (Å²) in [6.07, 6.45) is 1.49. The van der Waals surface area contributed by atoms with Crippen LogP contribution in [0, 0.1) is 5.41 Å². The number of pyridine rings is 1. The van der Waals surface area contributed by atoms with Crippen LogP contribution in [0.3, 0.4) is 0 Å². The van der Waals surface area contributed by atoms with Gasteiger partial charge in [-0.2, -0.15) is 9.78 Å². The molecule has 3 heterocycles. The number of hydrogen-bond donors (Lipinski definition) is 2. The number of halogens is 1. The molecule has 6 nitrogen and oxygen atoms in total. The Morgan fingerprint density at radius 3 is 2.68 bits per heavy atom. The number of thiophene rings is 1. The molecule has 0 atom stereocenters. The van der Waals surface area contributed by atoms with Gasteiger partial charge in [0, 0.05) is 21.9 Å². The Bertz CT molecular complexity index is 1090. The average Bonchev–Trinajstić information content (AvgIpc) is 3.24. The standard InChI is InChI=1S/C20H21ClN4O2S/c1-5-12-6-8-14(23-18(12)26)15-10-17(22-11-13-7-9-16(21)28-13)25(24-15)19(27)20(2,3)4/h5-10,22H,1,11H2,2-4H3,(H,23,26). The maximum Gasteiger partial charge on any atom is 0.255 e. The summed E-state index contributed by atoms with van der Waals surface area (Å²) in [6.45, 7) is 9.62. The summed E-state index contributed by atoms with van der Waals surface area (Å²) in [4.78, 5) is 28.8. The largest absolute Gasteiger partial charge is 0.365 e. The fourth-order valence-electron chi connectivity index (χ4n) is 2.53. The van der Waals surface area contributed by atoms with E-state index in [2.05, 4.69) is 22.0 Å². The van der Waals surface area contributed by atoms with Gasteiger partial charge in [0.05, 0.1) is 16.6 Å². The number of anilines is 1. The first-order chi connectivity index (χ1) is 13.2. The second-order valence-corrected chi connectivity index (χ2v) is 9.10. The monoisotopic (exact) mass is 416 g/mol. The zero-order valence-electron chi connectivity index (χ0n) is 15.9. The molecule has 0 saturated carbocycles. The molecule has 28 heavy (non-hydrogen) atoms. The number of aromatic amines is 1. The van der Waals surface area contributed by atoms with Gasteiger partial charge in [0.1, 0.15) is 11.5 Å². The zero-order chi connectivity index (χ0) is 20.5. The summed E-state index contributed by atoms with van der Waals surface area (Å²) in [5, 5.41) is 7.69. The van der Waals surface area contributed by atoms with Gasteiger partial charge in [0.25, 0.3) is 11.5 Å². The lowest BCUT2D eigenvalue weighted by Gasteiger charge is -2.18. The first-order valence-electron chi connectivity index (χ1n) is 8.68. The van der Waals surface area contributed by atoms with Crippen molar-refractivity contribution in [2.24, 2.45) is 5.41 Å². The molecule has 0 saturated heterocycles. The van der Waals surface area contributed by atoms with Gasteiger partial charge >= 0.3 is 0 Å². The van der Waals surface area contributed by atoms with Crippen molar-refractivity contribution >= 4 is 40.7 Å². The van der Waals surface area contributed by atoms with Gasteiger partial charge in [0.15, 0.2) is 0 Å². The van der Waals surface area contributed by atoms with Gasteiger partial charge in [-0.1, -0.05) is 45.0 Å². The van der Waals surface area contributed by atoms with Gasteiger partial charge < -0.3 is 10.3 Å². The maximum atomic E-state index is 12.9. The smallest absolute Gasteiger partial charge is 0.255 e. The summed E-state index contributed by atoms with van der Waals surface area (Å²) in [5.41, 5.74) is 0.621. The van der Waals surface area contributed by atoms with Crippen molar-refractivity contribution in [1.82, 2.24) is 14.8 Å². The van der Waals surface area contributed by atoms with E-state index in [1.165, 1.54) is 22.1 Å². The van der Waals surface area contributed by atoms with E-state index in [0.717, 1.165) is 4.88 Å². The fourth-order valence-corrected chi connectivity index (χ4v) is 3.56. The maximum absolute atomic E-state index is 12.9. The van der Waals surface area contributed by atoms with Crippen LogP contribution in [-0.4, -0.2) is 20.7 Å². The molecule has 0 radical (unpaired) electrons. The third-order valence-corrected chi connectivity index (χ3v) is 5.28.